The summed E-state index contributed by atoms with van der Waals surface area (Å²) in [6.07, 6.45) is 1.54. The average molecular weight is 426 g/mol. The van der Waals surface area contributed by atoms with Gasteiger partial charge in [0.15, 0.2) is 0 Å². The highest BCUT2D eigenvalue weighted by Gasteiger charge is 2.25. The summed E-state index contributed by atoms with van der Waals surface area (Å²) in [7, 11) is 0. The van der Waals surface area contributed by atoms with Gasteiger partial charge < -0.3 is 5.32 Å². The topological polar surface area (TPSA) is 32.3 Å². The van der Waals surface area contributed by atoms with Crippen molar-refractivity contribution in [3.8, 4) is 0 Å². The zero-order valence-corrected chi connectivity index (χ0v) is 16.0. The number of halogens is 3. The summed E-state index contributed by atoms with van der Waals surface area (Å²) in [6.45, 7) is 2.16. The molecule has 6 heteroatoms. The highest BCUT2D eigenvalue weighted by atomic mass is 79.9. The fraction of sp³-hybridized carbons (Fsp3) is 0.316. The molecule has 1 fully saturated rings. The Labute approximate surface area is 160 Å². The van der Waals surface area contributed by atoms with Crippen molar-refractivity contribution in [2.24, 2.45) is 5.92 Å². The fourth-order valence-corrected chi connectivity index (χ4v) is 3.47. The van der Waals surface area contributed by atoms with Gasteiger partial charge in [-0.1, -0.05) is 29.8 Å². The molecule has 25 heavy (non-hydrogen) atoms. The van der Waals surface area contributed by atoms with Crippen LogP contribution in [-0.2, 0) is 11.3 Å². The smallest absolute Gasteiger partial charge is 0.227 e. The highest BCUT2D eigenvalue weighted by Crippen LogP contribution is 2.27. The molecule has 0 bridgehead atoms. The first kappa shape index (κ1) is 18.4. The van der Waals surface area contributed by atoms with E-state index in [4.69, 9.17) is 11.6 Å². The van der Waals surface area contributed by atoms with E-state index in [9.17, 15) is 9.18 Å². The van der Waals surface area contributed by atoms with Crippen molar-refractivity contribution < 1.29 is 9.18 Å². The summed E-state index contributed by atoms with van der Waals surface area (Å²) >= 11 is 9.39. The predicted octanol–water partition coefficient (Wildman–Crippen LogP) is 5.09. The zero-order valence-electron chi connectivity index (χ0n) is 13.6. The first-order valence-corrected chi connectivity index (χ1v) is 9.41. The molecule has 0 radical (unpaired) electrons. The number of hydrogen-bond donors (Lipinski definition) is 1. The lowest BCUT2D eigenvalue weighted by molar-refractivity contribution is -0.121. The minimum Gasteiger partial charge on any atom is -0.326 e. The highest BCUT2D eigenvalue weighted by molar-refractivity contribution is 9.10. The number of piperidine rings is 1. The van der Waals surface area contributed by atoms with Gasteiger partial charge >= 0.3 is 0 Å². The van der Waals surface area contributed by atoms with Gasteiger partial charge in [0, 0.05) is 28.2 Å². The quantitative estimate of drug-likeness (QED) is 0.740. The van der Waals surface area contributed by atoms with Gasteiger partial charge in [0.1, 0.15) is 5.82 Å². The number of hydrogen-bond acceptors (Lipinski definition) is 2. The van der Waals surface area contributed by atoms with E-state index in [1.165, 1.54) is 6.07 Å². The van der Waals surface area contributed by atoms with Gasteiger partial charge in [-0.05, 0) is 66.1 Å². The molecule has 1 aliphatic rings. The van der Waals surface area contributed by atoms with Gasteiger partial charge in [-0.2, -0.15) is 0 Å². The lowest BCUT2D eigenvalue weighted by Crippen LogP contribution is -2.37. The number of benzene rings is 2. The zero-order chi connectivity index (χ0) is 17.8. The van der Waals surface area contributed by atoms with Crippen LogP contribution in [0.15, 0.2) is 46.9 Å². The average Bonchev–Trinajstić information content (AvgIpc) is 2.61. The maximum absolute atomic E-state index is 13.7. The summed E-state index contributed by atoms with van der Waals surface area (Å²) < 4.78 is 14.5. The molecule has 132 valence electrons. The van der Waals surface area contributed by atoms with Gasteiger partial charge in [0.05, 0.1) is 5.02 Å². The number of rotatable bonds is 4. The minimum atomic E-state index is -0.172. The predicted molar refractivity (Wildman–Crippen MR) is 102 cm³/mol. The number of nitrogens with zero attached hydrogens (tertiary/aromatic N) is 1. The Kier molecular flexibility index (Phi) is 6.10. The third-order valence-electron chi connectivity index (χ3n) is 4.50. The molecule has 2 aromatic carbocycles. The molecule has 3 rings (SSSR count). The van der Waals surface area contributed by atoms with E-state index in [1.54, 1.807) is 12.1 Å². The SMILES string of the molecule is O=C(Nc1ccc(Br)c(Cl)c1)C1CCN(Cc2ccccc2F)CC1. The van der Waals surface area contributed by atoms with Crippen LogP contribution in [0.25, 0.3) is 0 Å². The van der Waals surface area contributed by atoms with Crippen molar-refractivity contribution in [1.82, 2.24) is 4.90 Å². The molecular weight excluding hydrogens is 407 g/mol. The van der Waals surface area contributed by atoms with Gasteiger partial charge in [0.25, 0.3) is 0 Å². The molecule has 0 saturated carbocycles. The summed E-state index contributed by atoms with van der Waals surface area (Å²) in [4.78, 5) is 14.6. The van der Waals surface area contributed by atoms with Crippen molar-refractivity contribution >= 4 is 39.1 Å². The Morgan fingerprint density at radius 2 is 1.96 bits per heavy atom. The van der Waals surface area contributed by atoms with E-state index in [-0.39, 0.29) is 17.6 Å². The second kappa shape index (κ2) is 8.30. The molecule has 0 unspecified atom stereocenters. The first-order chi connectivity index (χ1) is 12.0. The standard InChI is InChI=1S/C19H19BrClFN2O/c20-16-6-5-15(11-17(16)21)23-19(25)13-7-9-24(10-8-13)12-14-3-1-2-4-18(14)22/h1-6,11,13H,7-10,12H2,(H,23,25). The molecule has 1 N–H and O–H groups in total. The minimum absolute atomic E-state index is 0.0175. The molecule has 1 amide bonds. The summed E-state index contributed by atoms with van der Waals surface area (Å²) in [5, 5.41) is 3.50. The third kappa shape index (κ3) is 4.81. The molecule has 0 aliphatic carbocycles. The lowest BCUT2D eigenvalue weighted by atomic mass is 9.95. The first-order valence-electron chi connectivity index (χ1n) is 8.24. The van der Waals surface area contributed by atoms with Crippen molar-refractivity contribution in [1.29, 1.82) is 0 Å². The Balaban J connectivity index is 1.52. The maximum Gasteiger partial charge on any atom is 0.227 e. The van der Waals surface area contributed by atoms with Gasteiger partial charge in [0.2, 0.25) is 5.91 Å². The van der Waals surface area contributed by atoms with Crippen LogP contribution in [0.3, 0.4) is 0 Å². The van der Waals surface area contributed by atoms with Crippen LogP contribution >= 0.6 is 27.5 Å². The van der Waals surface area contributed by atoms with Crippen LogP contribution in [0.4, 0.5) is 10.1 Å². The Bertz CT molecular complexity index is 763. The van der Waals surface area contributed by atoms with Gasteiger partial charge in [-0.25, -0.2) is 4.39 Å². The maximum atomic E-state index is 13.7. The van der Waals surface area contributed by atoms with Crippen LogP contribution in [0, 0.1) is 11.7 Å². The van der Waals surface area contributed by atoms with E-state index < -0.39 is 0 Å². The van der Waals surface area contributed by atoms with Crippen molar-refractivity contribution in [2.75, 3.05) is 18.4 Å². The van der Waals surface area contributed by atoms with Crippen molar-refractivity contribution in [2.45, 2.75) is 19.4 Å². The number of likely N-dealkylation sites (tertiary alicyclic amines) is 1. The molecule has 0 aromatic heterocycles. The molecule has 1 saturated heterocycles. The van der Waals surface area contributed by atoms with Crippen LogP contribution in [0.5, 0.6) is 0 Å². The molecule has 1 aliphatic heterocycles. The second-order valence-electron chi connectivity index (χ2n) is 6.26. The van der Waals surface area contributed by atoms with E-state index in [2.05, 4.69) is 26.1 Å². The molecule has 3 nitrogen and oxygen atoms in total. The van der Waals surface area contributed by atoms with E-state index in [0.29, 0.717) is 22.8 Å². The fourth-order valence-electron chi connectivity index (χ4n) is 3.04. The third-order valence-corrected chi connectivity index (χ3v) is 5.73. The van der Waals surface area contributed by atoms with Crippen LogP contribution < -0.4 is 5.32 Å². The number of carbonyl (C=O) groups is 1. The second-order valence-corrected chi connectivity index (χ2v) is 7.52. The van der Waals surface area contributed by atoms with Gasteiger partial charge in [-0.3, -0.25) is 9.69 Å². The molecule has 0 atom stereocenters. The largest absolute Gasteiger partial charge is 0.326 e. The summed E-state index contributed by atoms with van der Waals surface area (Å²) in [5.41, 5.74) is 1.40. The molecule has 2 aromatic rings. The Morgan fingerprint density at radius 3 is 2.64 bits per heavy atom. The molecule has 1 heterocycles. The van der Waals surface area contributed by atoms with Gasteiger partial charge in [-0.15, -0.1) is 0 Å². The summed E-state index contributed by atoms with van der Waals surface area (Å²) in [5.74, 6) is -0.183. The number of nitrogens with one attached hydrogen (secondary N) is 1. The number of carbonyl (C=O) groups excluding carboxylic acids is 1. The van der Waals surface area contributed by atoms with Crippen molar-refractivity contribution in [3.63, 3.8) is 0 Å². The van der Waals surface area contributed by atoms with E-state index in [1.807, 2.05) is 24.3 Å². The van der Waals surface area contributed by atoms with Crippen LogP contribution in [-0.4, -0.2) is 23.9 Å². The normalized spacial score (nSPS) is 16.0. The van der Waals surface area contributed by atoms with E-state index in [0.717, 1.165) is 30.4 Å². The van der Waals surface area contributed by atoms with Crippen molar-refractivity contribution in [3.05, 3.63) is 63.3 Å². The number of anilines is 1. The molecular formula is C19H19BrClFN2O. The lowest BCUT2D eigenvalue weighted by Gasteiger charge is -2.31. The van der Waals surface area contributed by atoms with Crippen LogP contribution in [0.1, 0.15) is 18.4 Å². The molecule has 0 spiro atoms. The Hall–Kier alpha value is -1.43. The van der Waals surface area contributed by atoms with Crippen LogP contribution in [0.2, 0.25) is 5.02 Å². The monoisotopic (exact) mass is 424 g/mol. The van der Waals surface area contributed by atoms with E-state index >= 15 is 0 Å². The number of amides is 1. The Morgan fingerprint density at radius 1 is 1.24 bits per heavy atom. The summed E-state index contributed by atoms with van der Waals surface area (Å²) in [6, 6.07) is 12.2.